The molecule has 1 unspecified atom stereocenters. The van der Waals surface area contributed by atoms with Crippen LogP contribution in [0.3, 0.4) is 0 Å². The number of hydrogen-bond donors (Lipinski definition) is 0. The standard InChI is InChI=1S/C22H25ClN2O5/c1-25(22-24-18-5-3-4-6-19(18)30-22)11-12-28-17-9-7-16(8-10-17)15-20(21(23)26)29-14-13-27-2/h3-10,20H,11-15H2,1-2H3. The van der Waals surface area contributed by atoms with Gasteiger partial charge in [0.15, 0.2) is 5.58 Å². The fraction of sp³-hybridized carbons (Fsp3) is 0.364. The maximum absolute atomic E-state index is 11.5. The molecule has 3 aromatic rings. The van der Waals surface area contributed by atoms with Gasteiger partial charge in [0.2, 0.25) is 0 Å². The molecule has 1 aromatic heterocycles. The van der Waals surface area contributed by atoms with E-state index >= 15 is 0 Å². The summed E-state index contributed by atoms with van der Waals surface area (Å²) in [6, 6.07) is 15.7. The molecule has 2 aromatic carbocycles. The van der Waals surface area contributed by atoms with Crippen LogP contribution in [0, 0.1) is 0 Å². The lowest BCUT2D eigenvalue weighted by molar-refractivity contribution is -0.123. The molecule has 30 heavy (non-hydrogen) atoms. The molecular weight excluding hydrogens is 408 g/mol. The van der Waals surface area contributed by atoms with Crippen LogP contribution >= 0.6 is 11.6 Å². The van der Waals surface area contributed by atoms with Gasteiger partial charge in [0, 0.05) is 20.6 Å². The second-order valence-corrected chi connectivity index (χ2v) is 7.11. The molecule has 0 amide bonds. The van der Waals surface area contributed by atoms with Gasteiger partial charge in [0.05, 0.1) is 19.8 Å². The van der Waals surface area contributed by atoms with Crippen molar-refractivity contribution in [2.24, 2.45) is 0 Å². The minimum Gasteiger partial charge on any atom is -0.492 e. The van der Waals surface area contributed by atoms with E-state index in [1.807, 2.05) is 60.5 Å². The van der Waals surface area contributed by atoms with Gasteiger partial charge in [0.25, 0.3) is 11.3 Å². The molecule has 0 saturated heterocycles. The second-order valence-electron chi connectivity index (χ2n) is 6.74. The van der Waals surface area contributed by atoms with Crippen molar-refractivity contribution in [3.8, 4) is 5.75 Å². The van der Waals surface area contributed by atoms with Gasteiger partial charge in [-0.25, -0.2) is 0 Å². The first-order chi connectivity index (χ1) is 14.6. The maximum Gasteiger partial charge on any atom is 0.298 e. The summed E-state index contributed by atoms with van der Waals surface area (Å²) in [6.45, 7) is 1.81. The molecule has 3 rings (SSSR count). The molecule has 0 fully saturated rings. The van der Waals surface area contributed by atoms with Crippen molar-refractivity contribution in [3.05, 3.63) is 54.1 Å². The number of ether oxygens (including phenoxy) is 3. The summed E-state index contributed by atoms with van der Waals surface area (Å²) in [5, 5.41) is -0.520. The van der Waals surface area contributed by atoms with Gasteiger partial charge in [-0.2, -0.15) is 4.98 Å². The van der Waals surface area contributed by atoms with E-state index in [9.17, 15) is 4.79 Å². The van der Waals surface area contributed by atoms with Crippen LogP contribution in [-0.4, -0.2) is 56.9 Å². The lowest BCUT2D eigenvalue weighted by atomic mass is 10.1. The van der Waals surface area contributed by atoms with Crippen molar-refractivity contribution >= 4 is 34.0 Å². The highest BCUT2D eigenvalue weighted by atomic mass is 35.5. The largest absolute Gasteiger partial charge is 0.492 e. The molecule has 0 aliphatic rings. The topological polar surface area (TPSA) is 74.0 Å². The predicted octanol–water partition coefficient (Wildman–Crippen LogP) is 3.68. The Kier molecular flexibility index (Phi) is 8.07. The zero-order valence-corrected chi connectivity index (χ0v) is 17.8. The van der Waals surface area contributed by atoms with Crippen molar-refractivity contribution < 1.29 is 23.4 Å². The highest BCUT2D eigenvalue weighted by Crippen LogP contribution is 2.21. The van der Waals surface area contributed by atoms with Crippen LogP contribution in [0.15, 0.2) is 52.9 Å². The van der Waals surface area contributed by atoms with E-state index in [1.54, 1.807) is 7.11 Å². The number of anilines is 1. The Labute approximate surface area is 180 Å². The molecular formula is C22H25ClN2O5. The lowest BCUT2D eigenvalue weighted by Crippen LogP contribution is -2.25. The third-order valence-electron chi connectivity index (χ3n) is 4.51. The molecule has 0 saturated carbocycles. The quantitative estimate of drug-likeness (QED) is 0.319. The van der Waals surface area contributed by atoms with Crippen molar-refractivity contribution in [2.45, 2.75) is 12.5 Å². The first-order valence-corrected chi connectivity index (χ1v) is 10.0. The van der Waals surface area contributed by atoms with Crippen LogP contribution < -0.4 is 9.64 Å². The zero-order valence-electron chi connectivity index (χ0n) is 17.0. The van der Waals surface area contributed by atoms with Crippen LogP contribution in [0.2, 0.25) is 0 Å². The number of hydrogen-bond acceptors (Lipinski definition) is 7. The molecule has 7 nitrogen and oxygen atoms in total. The summed E-state index contributed by atoms with van der Waals surface area (Å²) in [5.74, 6) is 0.735. The van der Waals surface area contributed by atoms with E-state index in [1.165, 1.54) is 0 Å². The summed E-state index contributed by atoms with van der Waals surface area (Å²) in [5.41, 5.74) is 2.52. The summed E-state index contributed by atoms with van der Waals surface area (Å²) in [4.78, 5) is 17.9. The summed E-state index contributed by atoms with van der Waals surface area (Å²) in [6.07, 6.45) is -0.300. The molecule has 0 aliphatic heterocycles. The summed E-state index contributed by atoms with van der Waals surface area (Å²) >= 11 is 5.63. The molecule has 1 atom stereocenters. The van der Waals surface area contributed by atoms with E-state index in [2.05, 4.69) is 4.98 Å². The van der Waals surface area contributed by atoms with E-state index < -0.39 is 11.3 Å². The van der Waals surface area contributed by atoms with Crippen LogP contribution in [0.25, 0.3) is 11.1 Å². The Morgan fingerprint density at radius 3 is 2.60 bits per heavy atom. The molecule has 160 valence electrons. The van der Waals surface area contributed by atoms with Crippen molar-refractivity contribution in [2.75, 3.05) is 45.4 Å². The van der Waals surface area contributed by atoms with E-state index in [4.69, 9.17) is 30.2 Å². The van der Waals surface area contributed by atoms with Gasteiger partial charge in [-0.15, -0.1) is 0 Å². The zero-order chi connectivity index (χ0) is 21.3. The maximum atomic E-state index is 11.5. The molecule has 0 spiro atoms. The molecule has 0 bridgehead atoms. The average molecular weight is 433 g/mol. The number of fused-ring (bicyclic) bond motifs is 1. The Morgan fingerprint density at radius 2 is 1.90 bits per heavy atom. The normalized spacial score (nSPS) is 12.1. The number of methoxy groups -OCH3 is 1. The third-order valence-corrected chi connectivity index (χ3v) is 4.75. The summed E-state index contributed by atoms with van der Waals surface area (Å²) in [7, 11) is 3.48. The smallest absolute Gasteiger partial charge is 0.298 e. The molecule has 8 heteroatoms. The molecule has 1 heterocycles. The highest BCUT2D eigenvalue weighted by Gasteiger charge is 2.17. The Bertz CT molecular complexity index is 911. The second kappa shape index (κ2) is 11.0. The first kappa shape index (κ1) is 22.1. The van der Waals surface area contributed by atoms with Crippen molar-refractivity contribution in [1.82, 2.24) is 4.98 Å². The fourth-order valence-electron chi connectivity index (χ4n) is 2.83. The molecule has 0 aliphatic carbocycles. The van der Waals surface area contributed by atoms with Gasteiger partial charge >= 0.3 is 0 Å². The number of para-hydroxylation sites is 2. The number of likely N-dealkylation sites (N-methyl/N-ethyl adjacent to an activating group) is 1. The summed E-state index contributed by atoms with van der Waals surface area (Å²) < 4.78 is 21.9. The van der Waals surface area contributed by atoms with Gasteiger partial charge in [-0.3, -0.25) is 4.79 Å². The number of carbonyl (C=O) groups is 1. The lowest BCUT2D eigenvalue weighted by Gasteiger charge is -2.16. The molecule has 0 radical (unpaired) electrons. The van der Waals surface area contributed by atoms with E-state index in [0.717, 1.165) is 22.4 Å². The highest BCUT2D eigenvalue weighted by molar-refractivity contribution is 6.64. The first-order valence-electron chi connectivity index (χ1n) is 9.65. The predicted molar refractivity (Wildman–Crippen MR) is 115 cm³/mol. The fourth-order valence-corrected chi connectivity index (χ4v) is 2.97. The van der Waals surface area contributed by atoms with E-state index in [0.29, 0.717) is 38.8 Å². The van der Waals surface area contributed by atoms with Gasteiger partial charge in [-0.05, 0) is 41.4 Å². The Hall–Kier alpha value is -2.61. The monoisotopic (exact) mass is 432 g/mol. The van der Waals surface area contributed by atoms with Crippen molar-refractivity contribution in [3.63, 3.8) is 0 Å². The molecule has 0 N–H and O–H groups in total. The number of carbonyl (C=O) groups excluding carboxylic acids is 1. The minimum atomic E-state index is -0.696. The van der Waals surface area contributed by atoms with Crippen LogP contribution in [-0.2, 0) is 20.7 Å². The van der Waals surface area contributed by atoms with Crippen molar-refractivity contribution in [1.29, 1.82) is 0 Å². The van der Waals surface area contributed by atoms with Gasteiger partial charge in [-0.1, -0.05) is 24.3 Å². The third kappa shape index (κ3) is 6.19. The Morgan fingerprint density at radius 1 is 1.13 bits per heavy atom. The number of nitrogens with zero attached hydrogens (tertiary/aromatic N) is 2. The van der Waals surface area contributed by atoms with Crippen LogP contribution in [0.4, 0.5) is 6.01 Å². The number of halogens is 1. The van der Waals surface area contributed by atoms with Gasteiger partial charge < -0.3 is 23.5 Å². The number of aromatic nitrogens is 1. The number of rotatable bonds is 12. The van der Waals surface area contributed by atoms with E-state index in [-0.39, 0.29) is 0 Å². The SMILES string of the molecule is COCCOC(Cc1ccc(OCCN(C)c2nc3ccccc3o2)cc1)C(=O)Cl. The Balaban J connectivity index is 1.47. The van der Waals surface area contributed by atoms with Gasteiger partial charge in [0.1, 0.15) is 24.0 Å². The average Bonchev–Trinajstić information content (AvgIpc) is 3.18. The van der Waals surface area contributed by atoms with Crippen LogP contribution in [0.1, 0.15) is 5.56 Å². The van der Waals surface area contributed by atoms with Crippen LogP contribution in [0.5, 0.6) is 5.75 Å². The number of benzene rings is 2. The number of oxazole rings is 1. The minimum absolute atomic E-state index is 0.314.